The second kappa shape index (κ2) is 15.5. The highest BCUT2D eigenvalue weighted by atomic mass is 16.7. The third-order valence-corrected chi connectivity index (χ3v) is 5.36. The van der Waals surface area contributed by atoms with E-state index in [1.165, 1.54) is 28.1 Å². The molecule has 1 fully saturated rings. The molecule has 0 bridgehead atoms. The quantitative estimate of drug-likeness (QED) is 0.258. The van der Waals surface area contributed by atoms with Gasteiger partial charge in [-0.05, 0) is 23.8 Å². The van der Waals surface area contributed by atoms with Crippen LogP contribution in [0.25, 0.3) is 6.08 Å². The van der Waals surface area contributed by atoms with Gasteiger partial charge in [0.25, 0.3) is 0 Å². The lowest BCUT2D eigenvalue weighted by molar-refractivity contribution is -0.288. The van der Waals surface area contributed by atoms with E-state index in [1.807, 2.05) is 0 Å². The van der Waals surface area contributed by atoms with Crippen molar-refractivity contribution in [2.24, 2.45) is 0 Å². The summed E-state index contributed by atoms with van der Waals surface area (Å²) in [6.45, 7) is 5.43. The van der Waals surface area contributed by atoms with Gasteiger partial charge >= 0.3 is 29.8 Å². The average Bonchev–Trinajstić information content (AvgIpc) is 2.88. The Kier molecular flexibility index (Phi) is 12.4. The zero-order chi connectivity index (χ0) is 30.7. The molecule has 0 aliphatic carbocycles. The van der Waals surface area contributed by atoms with E-state index in [0.29, 0.717) is 5.56 Å². The molecule has 1 aromatic rings. The average molecular weight is 583 g/mol. The molecule has 5 atom stereocenters. The van der Waals surface area contributed by atoms with E-state index in [2.05, 4.69) is 0 Å². The fourth-order valence-corrected chi connectivity index (χ4v) is 3.86. The number of rotatable bonds is 12. The Morgan fingerprint density at radius 1 is 0.732 bits per heavy atom. The Balaban J connectivity index is 2.56. The molecular formula is C27H34O14. The summed E-state index contributed by atoms with van der Waals surface area (Å²) in [5.41, 5.74) is 0.597. The summed E-state index contributed by atoms with van der Waals surface area (Å²) in [6, 6.07) is 3.18. The van der Waals surface area contributed by atoms with Gasteiger partial charge in [0.1, 0.15) is 19.3 Å². The Labute approximate surface area is 236 Å². The van der Waals surface area contributed by atoms with Crippen LogP contribution < -0.4 is 14.2 Å². The number of carbonyl (C=O) groups excluding carboxylic acids is 5. The first-order valence-corrected chi connectivity index (χ1v) is 12.4. The summed E-state index contributed by atoms with van der Waals surface area (Å²) in [4.78, 5) is 58.6. The third kappa shape index (κ3) is 9.98. The van der Waals surface area contributed by atoms with Gasteiger partial charge in [0.15, 0.2) is 23.7 Å². The van der Waals surface area contributed by atoms with Gasteiger partial charge in [-0.15, -0.1) is 0 Å². The topological polar surface area (TPSA) is 168 Å². The zero-order valence-electron chi connectivity index (χ0n) is 23.8. The molecule has 14 heteroatoms. The van der Waals surface area contributed by atoms with Crippen LogP contribution in [0.15, 0.2) is 18.2 Å². The molecule has 0 N–H and O–H groups in total. The molecule has 226 valence electrons. The number of ether oxygens (including phenoxy) is 9. The first-order valence-electron chi connectivity index (χ1n) is 12.4. The van der Waals surface area contributed by atoms with Crippen LogP contribution in [-0.4, -0.2) is 88.0 Å². The van der Waals surface area contributed by atoms with Crippen molar-refractivity contribution in [1.82, 2.24) is 0 Å². The van der Waals surface area contributed by atoms with Gasteiger partial charge in [-0.2, -0.15) is 0 Å². The summed E-state index contributed by atoms with van der Waals surface area (Å²) in [5.74, 6) is -3.04. The molecule has 14 nitrogen and oxygen atoms in total. The van der Waals surface area contributed by atoms with Crippen molar-refractivity contribution in [3.8, 4) is 17.2 Å². The van der Waals surface area contributed by atoms with Crippen molar-refractivity contribution in [3.05, 3.63) is 23.8 Å². The molecule has 1 aliphatic heterocycles. The summed E-state index contributed by atoms with van der Waals surface area (Å²) >= 11 is 0. The monoisotopic (exact) mass is 582 g/mol. The maximum absolute atomic E-state index is 12.1. The molecule has 1 saturated heterocycles. The molecule has 1 aliphatic rings. The summed E-state index contributed by atoms with van der Waals surface area (Å²) < 4.78 is 49.3. The molecule has 1 aromatic carbocycles. The third-order valence-electron chi connectivity index (χ3n) is 5.36. The van der Waals surface area contributed by atoms with Gasteiger partial charge < -0.3 is 42.6 Å². The summed E-state index contributed by atoms with van der Waals surface area (Å²) in [5, 5.41) is 0. The predicted octanol–water partition coefficient (Wildman–Crippen LogP) is 1.74. The molecule has 0 saturated carbocycles. The van der Waals surface area contributed by atoms with Crippen LogP contribution in [-0.2, 0) is 52.4 Å². The summed E-state index contributed by atoms with van der Waals surface area (Å²) in [6.07, 6.45) is -3.64. The van der Waals surface area contributed by atoms with E-state index in [1.54, 1.807) is 24.3 Å². The minimum atomic E-state index is -1.50. The van der Waals surface area contributed by atoms with Crippen LogP contribution in [0.1, 0.15) is 40.2 Å². The van der Waals surface area contributed by atoms with Gasteiger partial charge in [-0.25, -0.2) is 0 Å². The van der Waals surface area contributed by atoms with Crippen molar-refractivity contribution < 1.29 is 66.6 Å². The van der Waals surface area contributed by atoms with Crippen LogP contribution in [0.5, 0.6) is 17.2 Å². The maximum atomic E-state index is 12.1. The van der Waals surface area contributed by atoms with Crippen molar-refractivity contribution in [1.29, 1.82) is 0 Å². The smallest absolute Gasteiger partial charge is 0.303 e. The van der Waals surface area contributed by atoms with Crippen LogP contribution >= 0.6 is 0 Å². The van der Waals surface area contributed by atoms with Gasteiger partial charge in [-0.3, -0.25) is 24.0 Å². The fourth-order valence-electron chi connectivity index (χ4n) is 3.86. The number of hydrogen-bond acceptors (Lipinski definition) is 14. The Morgan fingerprint density at radius 3 is 1.73 bits per heavy atom. The highest BCUT2D eigenvalue weighted by molar-refractivity contribution is 5.69. The molecule has 0 unspecified atom stereocenters. The summed E-state index contributed by atoms with van der Waals surface area (Å²) in [7, 11) is 2.75. The minimum absolute atomic E-state index is 0.0213. The Bertz CT molecular complexity index is 1120. The van der Waals surface area contributed by atoms with Crippen LogP contribution in [0.3, 0.4) is 0 Å². The normalized spacial score (nSPS) is 21.8. The first kappa shape index (κ1) is 32.9. The van der Waals surface area contributed by atoms with Crippen molar-refractivity contribution in [2.75, 3.05) is 27.4 Å². The molecule has 0 aromatic heterocycles. The lowest BCUT2D eigenvalue weighted by Gasteiger charge is -2.44. The van der Waals surface area contributed by atoms with Crippen LogP contribution in [0, 0.1) is 0 Å². The minimum Gasteiger partial charge on any atom is -0.493 e. The highest BCUT2D eigenvalue weighted by Gasteiger charge is 2.53. The number of benzene rings is 1. The van der Waals surface area contributed by atoms with E-state index in [-0.39, 0.29) is 23.9 Å². The molecule has 0 spiro atoms. The zero-order valence-corrected chi connectivity index (χ0v) is 23.8. The van der Waals surface area contributed by atoms with E-state index in [0.717, 1.165) is 20.8 Å². The van der Waals surface area contributed by atoms with Crippen LogP contribution in [0.2, 0.25) is 0 Å². The van der Waals surface area contributed by atoms with E-state index in [4.69, 9.17) is 42.6 Å². The number of hydrogen-bond donors (Lipinski definition) is 0. The molecule has 0 amide bonds. The predicted molar refractivity (Wildman–Crippen MR) is 138 cm³/mol. The standard InChI is InChI=1S/C27H34O14/c1-14(28)35-10-8-9-19-11-20(33-6)23(21(12-19)34-7)41-27-26(39-18(5)32)25(38-17(4)31)24(37-16(3)30)22(40-27)13-36-15(2)29/h8-9,11-12,22,24-27H,10,13H2,1-7H3/t22-,24-,25+,26-,27+/m1/s1. The molecule has 0 radical (unpaired) electrons. The Morgan fingerprint density at radius 2 is 1.24 bits per heavy atom. The van der Waals surface area contributed by atoms with Crippen molar-refractivity contribution >= 4 is 35.9 Å². The van der Waals surface area contributed by atoms with Gasteiger partial charge in [0.05, 0.1) is 14.2 Å². The molecular weight excluding hydrogens is 548 g/mol. The molecule has 2 rings (SSSR count). The largest absolute Gasteiger partial charge is 0.493 e. The van der Waals surface area contributed by atoms with Crippen molar-refractivity contribution in [3.63, 3.8) is 0 Å². The van der Waals surface area contributed by atoms with Gasteiger partial charge in [0.2, 0.25) is 18.1 Å². The van der Waals surface area contributed by atoms with E-state index >= 15 is 0 Å². The number of carbonyl (C=O) groups is 5. The first-order chi connectivity index (χ1) is 19.4. The second-order valence-electron chi connectivity index (χ2n) is 8.65. The Hall–Kier alpha value is -4.33. The van der Waals surface area contributed by atoms with Crippen LogP contribution in [0.4, 0.5) is 0 Å². The lowest BCUT2D eigenvalue weighted by Crippen LogP contribution is -2.63. The molecule has 1 heterocycles. The number of methoxy groups -OCH3 is 2. The van der Waals surface area contributed by atoms with E-state index < -0.39 is 67.2 Å². The van der Waals surface area contributed by atoms with Gasteiger partial charge in [0, 0.05) is 34.6 Å². The van der Waals surface area contributed by atoms with E-state index in [9.17, 15) is 24.0 Å². The second-order valence-corrected chi connectivity index (χ2v) is 8.65. The van der Waals surface area contributed by atoms with Gasteiger partial charge in [-0.1, -0.05) is 6.08 Å². The molecule has 41 heavy (non-hydrogen) atoms. The maximum Gasteiger partial charge on any atom is 0.303 e. The number of esters is 5. The van der Waals surface area contributed by atoms with Crippen molar-refractivity contribution in [2.45, 2.75) is 65.3 Å². The fraction of sp³-hybridized carbons (Fsp3) is 0.519. The SMILES string of the molecule is COc1cc(C=CCOC(C)=O)cc(OC)c1O[C@@H]1O[C@H](COC(C)=O)[C@@H](OC(C)=O)[C@H](OC(C)=O)[C@H]1OC(C)=O. The highest BCUT2D eigenvalue weighted by Crippen LogP contribution is 2.41. The lowest BCUT2D eigenvalue weighted by atomic mass is 9.98.